The Morgan fingerprint density at radius 1 is 1.17 bits per heavy atom. The molecule has 0 atom stereocenters. The molecule has 0 aliphatic rings. The number of aliphatic carboxylic acids is 1. The number of fused-ring (bicyclic) bond motifs is 1. The van der Waals surface area contributed by atoms with Crippen LogP contribution in [0.4, 0.5) is 0 Å². The first-order valence-electron chi connectivity index (χ1n) is 7.14. The quantitative estimate of drug-likeness (QED) is 0.700. The van der Waals surface area contributed by atoms with Gasteiger partial charge < -0.3 is 19.4 Å². The molecule has 6 nitrogen and oxygen atoms in total. The van der Waals surface area contributed by atoms with Crippen molar-refractivity contribution in [2.45, 2.75) is 6.42 Å². The summed E-state index contributed by atoms with van der Waals surface area (Å²) in [6.45, 7) is 0. The van der Waals surface area contributed by atoms with Crippen LogP contribution in [0.5, 0.6) is 11.5 Å². The maximum Gasteiger partial charge on any atom is 0.307 e. The van der Waals surface area contributed by atoms with Gasteiger partial charge in [-0.25, -0.2) is 0 Å². The molecule has 0 amide bonds. The van der Waals surface area contributed by atoms with Gasteiger partial charge in [0.2, 0.25) is 5.78 Å². The van der Waals surface area contributed by atoms with Crippen molar-refractivity contribution in [1.29, 1.82) is 0 Å². The molecular formula is C18H14O6. The van der Waals surface area contributed by atoms with Crippen LogP contribution in [-0.4, -0.2) is 29.1 Å². The first-order valence-corrected chi connectivity index (χ1v) is 7.14. The lowest BCUT2D eigenvalue weighted by Crippen LogP contribution is -2.06. The van der Waals surface area contributed by atoms with Gasteiger partial charge in [-0.1, -0.05) is 0 Å². The Balaban J connectivity index is 2.15. The third-order valence-electron chi connectivity index (χ3n) is 3.71. The molecule has 6 heteroatoms. The minimum absolute atomic E-state index is 0.0427. The number of ketones is 1. The lowest BCUT2D eigenvalue weighted by atomic mass is 9.96. The standard InChI is InChI=1S/C18H14O6/c1-23-13-4-2-10(3-5-13)16(21)15-17(22)12(9-14(19)20)8-11-6-7-24-18(11)15/h2-8,22H,9H2,1H3,(H,19,20). The molecule has 0 saturated heterocycles. The van der Waals surface area contributed by atoms with Gasteiger partial charge in [-0.3, -0.25) is 9.59 Å². The zero-order valence-electron chi connectivity index (χ0n) is 12.8. The molecule has 0 radical (unpaired) electrons. The molecule has 3 aromatic rings. The summed E-state index contributed by atoms with van der Waals surface area (Å²) in [6, 6.07) is 9.52. The van der Waals surface area contributed by atoms with Crippen molar-refractivity contribution in [3.05, 3.63) is 59.4 Å². The number of aromatic hydroxyl groups is 1. The first-order chi connectivity index (χ1) is 11.5. The average molecular weight is 326 g/mol. The van der Waals surface area contributed by atoms with E-state index in [1.54, 1.807) is 30.3 Å². The van der Waals surface area contributed by atoms with Crippen LogP contribution in [0.1, 0.15) is 21.5 Å². The molecule has 0 bridgehead atoms. The van der Waals surface area contributed by atoms with Crippen molar-refractivity contribution in [1.82, 2.24) is 0 Å². The molecule has 2 aromatic carbocycles. The van der Waals surface area contributed by atoms with E-state index in [-0.39, 0.29) is 22.5 Å². The number of carboxylic acids is 1. The van der Waals surface area contributed by atoms with Crippen LogP contribution in [0.2, 0.25) is 0 Å². The third kappa shape index (κ3) is 2.69. The Morgan fingerprint density at radius 2 is 1.88 bits per heavy atom. The Kier molecular flexibility index (Phi) is 3.95. The van der Waals surface area contributed by atoms with Crippen molar-refractivity contribution in [2.24, 2.45) is 0 Å². The number of rotatable bonds is 5. The number of carboxylic acid groups (broad SMARTS) is 1. The van der Waals surface area contributed by atoms with Crippen LogP contribution in [0.15, 0.2) is 47.1 Å². The molecular weight excluding hydrogens is 312 g/mol. The molecule has 0 fully saturated rings. The zero-order valence-corrected chi connectivity index (χ0v) is 12.8. The maximum atomic E-state index is 12.8. The minimum Gasteiger partial charge on any atom is -0.507 e. The number of methoxy groups -OCH3 is 1. The van der Waals surface area contributed by atoms with Crippen molar-refractivity contribution in [3.63, 3.8) is 0 Å². The van der Waals surface area contributed by atoms with Gasteiger partial charge in [0.05, 0.1) is 19.8 Å². The molecule has 0 unspecified atom stereocenters. The summed E-state index contributed by atoms with van der Waals surface area (Å²) in [5.41, 5.74) is 0.672. The molecule has 122 valence electrons. The maximum absolute atomic E-state index is 12.8. The van der Waals surface area contributed by atoms with E-state index < -0.39 is 18.2 Å². The van der Waals surface area contributed by atoms with Crippen molar-refractivity contribution in [3.8, 4) is 11.5 Å². The number of phenolic OH excluding ortho intramolecular Hbond substituents is 1. The van der Waals surface area contributed by atoms with E-state index in [4.69, 9.17) is 14.3 Å². The second kappa shape index (κ2) is 6.08. The fraction of sp³-hybridized carbons (Fsp3) is 0.111. The van der Waals surface area contributed by atoms with Crippen LogP contribution in [0.25, 0.3) is 11.0 Å². The van der Waals surface area contributed by atoms with Crippen LogP contribution in [0, 0.1) is 0 Å². The first kappa shape index (κ1) is 15.6. The number of carbonyl (C=O) groups excluding carboxylic acids is 1. The molecule has 1 heterocycles. The van der Waals surface area contributed by atoms with Crippen molar-refractivity contribution < 1.29 is 29.0 Å². The molecule has 0 aliphatic carbocycles. The largest absolute Gasteiger partial charge is 0.507 e. The molecule has 0 saturated carbocycles. The minimum atomic E-state index is -1.10. The summed E-state index contributed by atoms with van der Waals surface area (Å²) >= 11 is 0. The SMILES string of the molecule is COc1ccc(C(=O)c2c(O)c(CC(=O)O)cc3ccoc23)cc1. The Hall–Kier alpha value is -3.28. The van der Waals surface area contributed by atoms with Gasteiger partial charge in [0.1, 0.15) is 22.6 Å². The average Bonchev–Trinajstić information content (AvgIpc) is 3.02. The molecule has 0 spiro atoms. The highest BCUT2D eigenvalue weighted by Gasteiger charge is 2.23. The van der Waals surface area contributed by atoms with E-state index in [1.807, 2.05) is 0 Å². The Bertz CT molecular complexity index is 921. The van der Waals surface area contributed by atoms with Gasteiger partial charge in [0, 0.05) is 16.5 Å². The normalized spacial score (nSPS) is 10.7. The van der Waals surface area contributed by atoms with Gasteiger partial charge in [0.15, 0.2) is 0 Å². The molecule has 0 aliphatic heterocycles. The number of hydrogen-bond donors (Lipinski definition) is 2. The molecule has 24 heavy (non-hydrogen) atoms. The van der Waals surface area contributed by atoms with E-state index in [0.717, 1.165) is 0 Å². The predicted molar refractivity (Wildman–Crippen MR) is 85.6 cm³/mol. The summed E-state index contributed by atoms with van der Waals surface area (Å²) in [7, 11) is 1.52. The van der Waals surface area contributed by atoms with Crippen LogP contribution >= 0.6 is 0 Å². The number of hydrogen-bond acceptors (Lipinski definition) is 5. The number of carbonyl (C=O) groups is 2. The van der Waals surface area contributed by atoms with Crippen molar-refractivity contribution in [2.75, 3.05) is 7.11 Å². The van der Waals surface area contributed by atoms with Gasteiger partial charge in [-0.15, -0.1) is 0 Å². The summed E-state index contributed by atoms with van der Waals surface area (Å²) in [4.78, 5) is 23.8. The van der Waals surface area contributed by atoms with Gasteiger partial charge in [0.25, 0.3) is 0 Å². The number of furan rings is 1. The smallest absolute Gasteiger partial charge is 0.307 e. The van der Waals surface area contributed by atoms with Crippen LogP contribution < -0.4 is 4.74 Å². The molecule has 2 N–H and O–H groups in total. The lowest BCUT2D eigenvalue weighted by molar-refractivity contribution is -0.136. The fourth-order valence-electron chi connectivity index (χ4n) is 2.56. The van der Waals surface area contributed by atoms with Crippen LogP contribution in [0.3, 0.4) is 0 Å². The highest BCUT2D eigenvalue weighted by Crippen LogP contribution is 2.34. The van der Waals surface area contributed by atoms with Gasteiger partial charge in [-0.05, 0) is 36.4 Å². The van der Waals surface area contributed by atoms with E-state index in [2.05, 4.69) is 0 Å². The van der Waals surface area contributed by atoms with Crippen molar-refractivity contribution >= 4 is 22.7 Å². The van der Waals surface area contributed by atoms with E-state index in [9.17, 15) is 14.7 Å². The second-order valence-electron chi connectivity index (χ2n) is 5.23. The topological polar surface area (TPSA) is 97.0 Å². The number of phenols is 1. The highest BCUT2D eigenvalue weighted by molar-refractivity contribution is 6.17. The lowest BCUT2D eigenvalue weighted by Gasteiger charge is -2.10. The Morgan fingerprint density at radius 3 is 2.50 bits per heavy atom. The van der Waals surface area contributed by atoms with Crippen LogP contribution in [-0.2, 0) is 11.2 Å². The monoisotopic (exact) mass is 326 g/mol. The summed E-state index contributed by atoms with van der Waals surface area (Å²) in [5, 5.41) is 20.0. The molecule has 1 aromatic heterocycles. The van der Waals surface area contributed by atoms with E-state index >= 15 is 0 Å². The third-order valence-corrected chi connectivity index (χ3v) is 3.71. The highest BCUT2D eigenvalue weighted by atomic mass is 16.5. The number of ether oxygens (including phenoxy) is 1. The predicted octanol–water partition coefficient (Wildman–Crippen LogP) is 3.01. The number of benzene rings is 2. The summed E-state index contributed by atoms with van der Waals surface area (Å²) < 4.78 is 10.4. The Labute approximate surface area is 136 Å². The fourth-order valence-corrected chi connectivity index (χ4v) is 2.56. The summed E-state index contributed by atoms with van der Waals surface area (Å²) in [5.74, 6) is -1.34. The van der Waals surface area contributed by atoms with E-state index in [0.29, 0.717) is 16.7 Å². The molecule has 3 rings (SSSR count). The van der Waals surface area contributed by atoms with Gasteiger partial charge in [-0.2, -0.15) is 0 Å². The van der Waals surface area contributed by atoms with Gasteiger partial charge >= 0.3 is 5.97 Å². The van der Waals surface area contributed by atoms with E-state index in [1.165, 1.54) is 19.4 Å². The second-order valence-corrected chi connectivity index (χ2v) is 5.23. The zero-order chi connectivity index (χ0) is 17.3. The summed E-state index contributed by atoms with van der Waals surface area (Å²) in [6.07, 6.45) is 0.995.